The number of halogens is 2. The van der Waals surface area contributed by atoms with E-state index in [4.69, 9.17) is 0 Å². The van der Waals surface area contributed by atoms with Crippen molar-refractivity contribution in [2.24, 2.45) is 0 Å². The first-order valence-corrected chi connectivity index (χ1v) is 29.6. The van der Waals surface area contributed by atoms with Crippen molar-refractivity contribution < 1.29 is 8.78 Å². The van der Waals surface area contributed by atoms with Crippen LogP contribution in [0.2, 0.25) is 0 Å². The fraction of sp³-hybridized carbons (Fsp3) is 0. The fourth-order valence-corrected chi connectivity index (χ4v) is 12.3. The Kier molecular flexibility index (Phi) is 14.0. The second-order valence-corrected chi connectivity index (χ2v) is 22.1. The third kappa shape index (κ3) is 10.4. The lowest BCUT2D eigenvalue weighted by atomic mass is 10.0. The maximum Gasteiger partial charge on any atom is 0.123 e. The topological polar surface area (TPSA) is 16.3 Å². The summed E-state index contributed by atoms with van der Waals surface area (Å²) in [6, 6.07) is 116. The summed E-state index contributed by atoms with van der Waals surface area (Å²) in [6.45, 7) is 0. The predicted octanol–water partition coefficient (Wildman–Crippen LogP) is 22.8. The van der Waals surface area contributed by atoms with Gasteiger partial charge in [0.2, 0.25) is 0 Å². The van der Waals surface area contributed by atoms with Gasteiger partial charge in [-0.05, 0) is 190 Å². The molecule has 0 bridgehead atoms. The SMILES string of the molecule is Fc1cccc(-c2cc3cc4c(cc(-c5cccc(F)c5)n4-c4ccc(N(c5ccc(-c6ccccc6)cc5)c5ccc(-c6ccccc6)cc5)cc4)cc3n2-c2ccc(N(c3ccc(-c4ccccc4)cc3)c3ccc(-c4ccccc4)cc3)cc2)c1. The first-order chi connectivity index (χ1) is 43.4. The summed E-state index contributed by atoms with van der Waals surface area (Å²) in [5.74, 6) is -0.632. The molecular weight excluding hydrogens is 1080 g/mol. The standard InChI is InChI=1S/C82H56F2N4/c83-69-25-13-23-65(51-69)79-53-67-56-82-68(55-81(67)87(79)77-47-43-75(44-48-77)85(71-35-27-61(28-36-71)57-15-5-1-6-16-57)72-37-29-62(30-38-72)58-17-7-2-8-18-58)54-80(66-24-14-26-70(84)52-66)88(82)78-49-45-76(46-50-78)86(73-39-31-63(32-40-73)59-19-9-3-10-20-59)74-41-33-64(34-42-74)60-21-11-4-12-22-60/h1-56H. The summed E-state index contributed by atoms with van der Waals surface area (Å²) >= 11 is 0. The number of rotatable bonds is 14. The largest absolute Gasteiger partial charge is 0.311 e. The molecule has 88 heavy (non-hydrogen) atoms. The minimum atomic E-state index is -0.316. The van der Waals surface area contributed by atoms with Gasteiger partial charge >= 0.3 is 0 Å². The molecule has 0 unspecified atom stereocenters. The van der Waals surface area contributed by atoms with E-state index in [-0.39, 0.29) is 11.6 Å². The van der Waals surface area contributed by atoms with Crippen LogP contribution in [-0.2, 0) is 0 Å². The third-order valence-electron chi connectivity index (χ3n) is 16.6. The Morgan fingerprint density at radius 2 is 0.443 bits per heavy atom. The maximum atomic E-state index is 15.4. The van der Waals surface area contributed by atoms with Gasteiger partial charge in [-0.3, -0.25) is 0 Å². The summed E-state index contributed by atoms with van der Waals surface area (Å²) in [4.78, 5) is 4.57. The van der Waals surface area contributed by atoms with Crippen LogP contribution in [0.5, 0.6) is 0 Å². The van der Waals surface area contributed by atoms with Crippen LogP contribution in [0.4, 0.5) is 42.9 Å². The van der Waals surface area contributed by atoms with Crippen molar-refractivity contribution in [3.63, 3.8) is 0 Å². The Labute approximate surface area is 510 Å². The van der Waals surface area contributed by atoms with Gasteiger partial charge in [-0.25, -0.2) is 8.78 Å². The molecule has 2 aromatic heterocycles. The van der Waals surface area contributed by atoms with Crippen molar-refractivity contribution >= 4 is 55.9 Å². The third-order valence-corrected chi connectivity index (χ3v) is 16.6. The molecule has 0 aliphatic rings. The van der Waals surface area contributed by atoms with E-state index in [1.54, 1.807) is 24.3 Å². The first-order valence-electron chi connectivity index (χ1n) is 29.6. The monoisotopic (exact) mass is 1130 g/mol. The van der Waals surface area contributed by atoms with Crippen molar-refractivity contribution in [2.45, 2.75) is 0 Å². The molecule has 0 atom stereocenters. The van der Waals surface area contributed by atoms with E-state index in [9.17, 15) is 0 Å². The molecule has 0 aliphatic heterocycles. The highest BCUT2D eigenvalue weighted by atomic mass is 19.1. The van der Waals surface area contributed by atoms with Crippen molar-refractivity contribution in [3.8, 4) is 78.4 Å². The van der Waals surface area contributed by atoms with Crippen LogP contribution in [0, 0.1) is 11.6 Å². The van der Waals surface area contributed by atoms with E-state index < -0.39 is 0 Å². The van der Waals surface area contributed by atoms with E-state index in [2.05, 4.69) is 286 Å². The molecule has 0 radical (unpaired) electrons. The molecule has 0 N–H and O–H groups in total. The molecule has 0 fully saturated rings. The number of aromatic nitrogens is 2. The number of anilines is 6. The Morgan fingerprint density at radius 3 is 0.705 bits per heavy atom. The lowest BCUT2D eigenvalue weighted by Gasteiger charge is -2.26. The summed E-state index contributed by atoms with van der Waals surface area (Å²) < 4.78 is 35.2. The van der Waals surface area contributed by atoms with Crippen LogP contribution >= 0.6 is 0 Å². The lowest BCUT2D eigenvalue weighted by molar-refractivity contribution is 0.628. The first kappa shape index (κ1) is 53.1. The van der Waals surface area contributed by atoms with Crippen LogP contribution in [0.3, 0.4) is 0 Å². The second kappa shape index (κ2) is 23.1. The minimum Gasteiger partial charge on any atom is -0.311 e. The Hall–Kier alpha value is -11.6. The van der Waals surface area contributed by atoms with Crippen LogP contribution in [0.1, 0.15) is 0 Å². The lowest BCUT2D eigenvalue weighted by Crippen LogP contribution is -2.10. The van der Waals surface area contributed by atoms with E-state index >= 15 is 8.78 Å². The molecule has 13 aromatic carbocycles. The average molecular weight is 1140 g/mol. The van der Waals surface area contributed by atoms with Crippen molar-refractivity contribution in [3.05, 3.63) is 351 Å². The van der Waals surface area contributed by atoms with Gasteiger partial charge in [0.15, 0.2) is 0 Å². The van der Waals surface area contributed by atoms with E-state index in [0.717, 1.165) is 134 Å². The smallest absolute Gasteiger partial charge is 0.123 e. The van der Waals surface area contributed by atoms with E-state index in [1.807, 2.05) is 36.4 Å². The van der Waals surface area contributed by atoms with Gasteiger partial charge in [-0.2, -0.15) is 0 Å². The number of hydrogen-bond acceptors (Lipinski definition) is 2. The molecule has 0 saturated heterocycles. The summed E-state index contributed by atoms with van der Waals surface area (Å²) in [7, 11) is 0. The van der Waals surface area contributed by atoms with Gasteiger partial charge < -0.3 is 18.9 Å². The Bertz CT molecular complexity index is 4430. The summed E-state index contributed by atoms with van der Waals surface area (Å²) in [6.07, 6.45) is 0. The fourth-order valence-electron chi connectivity index (χ4n) is 12.3. The maximum absolute atomic E-state index is 15.4. The van der Waals surface area contributed by atoms with E-state index in [1.165, 1.54) is 12.1 Å². The van der Waals surface area contributed by atoms with Gasteiger partial charge in [0.05, 0.1) is 22.4 Å². The van der Waals surface area contributed by atoms with Gasteiger partial charge in [-0.15, -0.1) is 0 Å². The molecule has 418 valence electrons. The molecule has 4 nitrogen and oxygen atoms in total. The predicted molar refractivity (Wildman–Crippen MR) is 362 cm³/mol. The summed E-state index contributed by atoms with van der Waals surface area (Å²) in [5, 5.41) is 1.92. The van der Waals surface area contributed by atoms with Crippen LogP contribution < -0.4 is 9.80 Å². The molecule has 15 aromatic rings. The highest BCUT2D eigenvalue weighted by Crippen LogP contribution is 2.43. The van der Waals surface area contributed by atoms with Gasteiger partial charge in [0, 0.05) is 67.4 Å². The quantitative estimate of drug-likeness (QED) is 0.108. The number of nitrogens with zero attached hydrogens (tertiary/aromatic N) is 4. The van der Waals surface area contributed by atoms with Crippen LogP contribution in [-0.4, -0.2) is 9.13 Å². The van der Waals surface area contributed by atoms with Crippen LogP contribution in [0.25, 0.3) is 100 Å². The zero-order valence-corrected chi connectivity index (χ0v) is 47.9. The Morgan fingerprint density at radius 1 is 0.205 bits per heavy atom. The van der Waals surface area contributed by atoms with Gasteiger partial charge in [0.25, 0.3) is 0 Å². The van der Waals surface area contributed by atoms with Crippen LogP contribution in [0.15, 0.2) is 340 Å². The van der Waals surface area contributed by atoms with Gasteiger partial charge in [-0.1, -0.05) is 194 Å². The molecular formula is C82H56F2N4. The summed E-state index contributed by atoms with van der Waals surface area (Å²) in [5.41, 5.74) is 22.1. The molecule has 0 saturated carbocycles. The van der Waals surface area contributed by atoms with E-state index in [0.29, 0.717) is 0 Å². The van der Waals surface area contributed by atoms with Crippen molar-refractivity contribution in [1.82, 2.24) is 9.13 Å². The van der Waals surface area contributed by atoms with Crippen molar-refractivity contribution in [1.29, 1.82) is 0 Å². The molecule has 2 heterocycles. The highest BCUT2D eigenvalue weighted by Gasteiger charge is 2.22. The molecule has 0 spiro atoms. The zero-order valence-electron chi connectivity index (χ0n) is 47.9. The number of benzene rings is 13. The second-order valence-electron chi connectivity index (χ2n) is 22.1. The molecule has 15 rings (SSSR count). The zero-order chi connectivity index (χ0) is 58.9. The average Bonchev–Trinajstić information content (AvgIpc) is 1.92. The highest BCUT2D eigenvalue weighted by molar-refractivity contribution is 6.02. The molecule has 6 heteroatoms. The Balaban J connectivity index is 0.842. The van der Waals surface area contributed by atoms with Crippen molar-refractivity contribution in [2.75, 3.05) is 9.80 Å². The van der Waals surface area contributed by atoms with Gasteiger partial charge in [0.1, 0.15) is 11.6 Å². The normalized spacial score (nSPS) is 11.3. The number of fused-ring (bicyclic) bond motifs is 2. The molecule has 0 aliphatic carbocycles. The molecule has 0 amide bonds. The minimum absolute atomic E-state index is 0.316. The number of hydrogen-bond donors (Lipinski definition) is 0.